The van der Waals surface area contributed by atoms with E-state index in [1.54, 1.807) is 0 Å². The van der Waals surface area contributed by atoms with Gasteiger partial charge in [-0.15, -0.1) is 0 Å². The van der Waals surface area contributed by atoms with E-state index in [0.717, 1.165) is 11.8 Å². The molecule has 1 nitrogen and oxygen atoms in total. The van der Waals surface area contributed by atoms with Crippen molar-refractivity contribution >= 4 is 0 Å². The van der Waals surface area contributed by atoms with Gasteiger partial charge in [-0.2, -0.15) is 0 Å². The number of allylic oxidation sites excluding steroid dienone is 1. The molecule has 2 unspecified atom stereocenters. The fourth-order valence-corrected chi connectivity index (χ4v) is 2.71. The first-order valence-electron chi connectivity index (χ1n) is 4.80. The van der Waals surface area contributed by atoms with E-state index in [4.69, 9.17) is 5.73 Å². The number of hydrogen-bond donors (Lipinski definition) is 1. The zero-order valence-corrected chi connectivity index (χ0v) is 7.05. The van der Waals surface area contributed by atoms with E-state index in [1.807, 2.05) is 6.20 Å². The molecule has 2 atom stereocenters. The highest BCUT2D eigenvalue weighted by Crippen LogP contribution is 2.44. The van der Waals surface area contributed by atoms with Crippen LogP contribution in [-0.2, 0) is 0 Å². The smallest absolute Gasteiger partial charge is 0.00703 e. The lowest BCUT2D eigenvalue weighted by molar-refractivity contribution is 0.277. The molecular weight excluding hydrogens is 134 g/mol. The quantitative estimate of drug-likeness (QED) is 0.565. The molecule has 2 aliphatic carbocycles. The van der Waals surface area contributed by atoms with Gasteiger partial charge in [-0.1, -0.05) is 18.4 Å². The molecule has 0 amide bonds. The van der Waals surface area contributed by atoms with Gasteiger partial charge in [0.25, 0.3) is 0 Å². The van der Waals surface area contributed by atoms with Gasteiger partial charge < -0.3 is 5.73 Å². The summed E-state index contributed by atoms with van der Waals surface area (Å²) in [6, 6.07) is 0. The van der Waals surface area contributed by atoms with Crippen LogP contribution in [0.15, 0.2) is 11.8 Å². The van der Waals surface area contributed by atoms with Crippen LogP contribution in [0, 0.1) is 11.8 Å². The number of hydrogen-bond acceptors (Lipinski definition) is 1. The molecule has 2 rings (SSSR count). The third-order valence-corrected chi connectivity index (χ3v) is 3.35. The Hall–Kier alpha value is -0.460. The summed E-state index contributed by atoms with van der Waals surface area (Å²) < 4.78 is 0. The highest BCUT2D eigenvalue weighted by Gasteiger charge is 2.31. The summed E-state index contributed by atoms with van der Waals surface area (Å²) in [5.74, 6) is 2.00. The molecule has 0 aromatic heterocycles. The van der Waals surface area contributed by atoms with Gasteiger partial charge in [0.05, 0.1) is 0 Å². The van der Waals surface area contributed by atoms with Gasteiger partial charge in [0, 0.05) is 0 Å². The van der Waals surface area contributed by atoms with Crippen molar-refractivity contribution in [3.63, 3.8) is 0 Å². The first-order chi connectivity index (χ1) is 5.40. The molecule has 0 radical (unpaired) electrons. The van der Waals surface area contributed by atoms with Gasteiger partial charge in [-0.3, -0.25) is 0 Å². The fourth-order valence-electron chi connectivity index (χ4n) is 2.71. The van der Waals surface area contributed by atoms with Crippen LogP contribution in [0.2, 0.25) is 0 Å². The van der Waals surface area contributed by atoms with Crippen LogP contribution in [0.5, 0.6) is 0 Å². The zero-order valence-electron chi connectivity index (χ0n) is 7.05. The van der Waals surface area contributed by atoms with E-state index >= 15 is 0 Å². The average Bonchev–Trinajstić information content (AvgIpc) is 2.46. The van der Waals surface area contributed by atoms with Crippen LogP contribution >= 0.6 is 0 Å². The fraction of sp³-hybridized carbons (Fsp3) is 0.800. The van der Waals surface area contributed by atoms with Crippen LogP contribution in [0.25, 0.3) is 0 Å². The Morgan fingerprint density at radius 3 is 2.09 bits per heavy atom. The Labute approximate surface area is 68.7 Å². The van der Waals surface area contributed by atoms with E-state index < -0.39 is 0 Å². The van der Waals surface area contributed by atoms with Gasteiger partial charge in [-0.05, 0) is 43.7 Å². The van der Waals surface area contributed by atoms with E-state index in [2.05, 4.69) is 0 Å². The molecule has 2 saturated carbocycles. The molecule has 0 bridgehead atoms. The van der Waals surface area contributed by atoms with Crippen molar-refractivity contribution < 1.29 is 0 Å². The molecule has 0 aromatic rings. The van der Waals surface area contributed by atoms with Crippen LogP contribution < -0.4 is 5.73 Å². The summed E-state index contributed by atoms with van der Waals surface area (Å²) in [6.45, 7) is 0. The summed E-state index contributed by atoms with van der Waals surface area (Å²) in [5.41, 5.74) is 7.04. The Balaban J connectivity index is 2.03. The van der Waals surface area contributed by atoms with Crippen molar-refractivity contribution in [2.45, 2.75) is 38.5 Å². The third kappa shape index (κ3) is 1.29. The predicted molar refractivity (Wildman–Crippen MR) is 47.0 cm³/mol. The normalized spacial score (nSPS) is 36.9. The highest BCUT2D eigenvalue weighted by molar-refractivity contribution is 5.09. The van der Waals surface area contributed by atoms with Crippen LogP contribution in [0.3, 0.4) is 0 Å². The monoisotopic (exact) mass is 151 g/mol. The standard InChI is InChI=1S/C10H17N/c11-7-8-5-9-3-1-2-4-10(9)6-8/h7,9-10H,1-6,11H2. The van der Waals surface area contributed by atoms with E-state index in [-0.39, 0.29) is 0 Å². The minimum atomic E-state index is 0.999. The molecule has 0 saturated heterocycles. The molecule has 0 heterocycles. The molecule has 0 spiro atoms. The average molecular weight is 151 g/mol. The second-order valence-corrected chi connectivity index (χ2v) is 4.04. The summed E-state index contributed by atoms with van der Waals surface area (Å²) in [4.78, 5) is 0. The summed E-state index contributed by atoms with van der Waals surface area (Å²) in [6.07, 6.45) is 10.3. The number of fused-ring (bicyclic) bond motifs is 1. The molecule has 62 valence electrons. The topological polar surface area (TPSA) is 26.0 Å². The molecule has 1 heteroatoms. The molecular formula is C10H17N. The summed E-state index contributed by atoms with van der Waals surface area (Å²) >= 11 is 0. The lowest BCUT2D eigenvalue weighted by Gasteiger charge is -2.23. The van der Waals surface area contributed by atoms with Crippen LogP contribution in [0.4, 0.5) is 0 Å². The van der Waals surface area contributed by atoms with Crippen LogP contribution in [0.1, 0.15) is 38.5 Å². The maximum Gasteiger partial charge on any atom is -0.00703 e. The van der Waals surface area contributed by atoms with Gasteiger partial charge in [0.2, 0.25) is 0 Å². The first kappa shape index (κ1) is 7.20. The van der Waals surface area contributed by atoms with Crippen molar-refractivity contribution in [2.24, 2.45) is 17.6 Å². The second-order valence-electron chi connectivity index (χ2n) is 4.04. The first-order valence-corrected chi connectivity index (χ1v) is 4.80. The minimum absolute atomic E-state index is 0.999. The van der Waals surface area contributed by atoms with E-state index in [1.165, 1.54) is 44.1 Å². The number of rotatable bonds is 0. The summed E-state index contributed by atoms with van der Waals surface area (Å²) in [7, 11) is 0. The molecule has 2 aliphatic rings. The van der Waals surface area contributed by atoms with E-state index in [9.17, 15) is 0 Å². The molecule has 0 aliphatic heterocycles. The molecule has 0 aromatic carbocycles. The maximum absolute atomic E-state index is 5.53. The van der Waals surface area contributed by atoms with Crippen molar-refractivity contribution in [3.8, 4) is 0 Å². The Kier molecular flexibility index (Phi) is 1.89. The summed E-state index contributed by atoms with van der Waals surface area (Å²) in [5, 5.41) is 0. The zero-order chi connectivity index (χ0) is 7.68. The Morgan fingerprint density at radius 1 is 1.09 bits per heavy atom. The van der Waals surface area contributed by atoms with E-state index in [0.29, 0.717) is 0 Å². The van der Waals surface area contributed by atoms with Gasteiger partial charge in [-0.25, -0.2) is 0 Å². The van der Waals surface area contributed by atoms with Crippen molar-refractivity contribution in [3.05, 3.63) is 11.8 Å². The third-order valence-electron chi connectivity index (χ3n) is 3.35. The largest absolute Gasteiger partial charge is 0.405 e. The minimum Gasteiger partial charge on any atom is -0.405 e. The number of nitrogens with two attached hydrogens (primary N) is 1. The van der Waals surface area contributed by atoms with Crippen LogP contribution in [-0.4, -0.2) is 0 Å². The predicted octanol–water partition coefficient (Wildman–Crippen LogP) is 2.43. The highest BCUT2D eigenvalue weighted by atomic mass is 14.5. The molecule has 11 heavy (non-hydrogen) atoms. The molecule has 2 fully saturated rings. The SMILES string of the molecule is NC=C1CC2CCCCC2C1. The molecule has 2 N–H and O–H groups in total. The lowest BCUT2D eigenvalue weighted by atomic mass is 9.82. The van der Waals surface area contributed by atoms with Crippen molar-refractivity contribution in [2.75, 3.05) is 0 Å². The van der Waals surface area contributed by atoms with Crippen molar-refractivity contribution in [1.29, 1.82) is 0 Å². The second kappa shape index (κ2) is 2.88. The van der Waals surface area contributed by atoms with Gasteiger partial charge in [0.1, 0.15) is 0 Å². The van der Waals surface area contributed by atoms with Gasteiger partial charge >= 0.3 is 0 Å². The lowest BCUT2D eigenvalue weighted by Crippen LogP contribution is -2.12. The van der Waals surface area contributed by atoms with Gasteiger partial charge in [0.15, 0.2) is 0 Å². The van der Waals surface area contributed by atoms with Crippen molar-refractivity contribution in [1.82, 2.24) is 0 Å². The Bertz CT molecular complexity index is 156. The Morgan fingerprint density at radius 2 is 1.64 bits per heavy atom. The maximum atomic E-state index is 5.53.